The van der Waals surface area contributed by atoms with Crippen LogP contribution in [0.1, 0.15) is 10.4 Å². The highest BCUT2D eigenvalue weighted by Crippen LogP contribution is 2.20. The van der Waals surface area contributed by atoms with Crippen LogP contribution in [0.2, 0.25) is 0 Å². The van der Waals surface area contributed by atoms with E-state index in [1.165, 1.54) is 0 Å². The lowest BCUT2D eigenvalue weighted by molar-refractivity contribution is -0.201. The first kappa shape index (κ1) is 14.9. The van der Waals surface area contributed by atoms with Crippen LogP contribution in [0, 0.1) is 5.82 Å². The number of hydrogen-bond acceptors (Lipinski definition) is 2. The van der Waals surface area contributed by atoms with Gasteiger partial charge in [-0.3, -0.25) is 4.79 Å². The molecule has 2 N–H and O–H groups in total. The van der Waals surface area contributed by atoms with Gasteiger partial charge in [-0.05, 0) is 34.1 Å². The van der Waals surface area contributed by atoms with Gasteiger partial charge in [-0.15, -0.1) is 0 Å². The third kappa shape index (κ3) is 3.95. The maximum Gasteiger partial charge on any atom is 0.416 e. The molecule has 1 unspecified atom stereocenters. The van der Waals surface area contributed by atoms with Crippen molar-refractivity contribution < 1.29 is 27.5 Å². The topological polar surface area (TPSA) is 49.3 Å². The molecule has 1 aromatic rings. The van der Waals surface area contributed by atoms with Crippen LogP contribution >= 0.6 is 15.9 Å². The molecule has 0 aliphatic carbocycles. The minimum Gasteiger partial charge on any atom is -0.382 e. The van der Waals surface area contributed by atoms with Gasteiger partial charge >= 0.3 is 6.18 Å². The molecule has 1 aromatic carbocycles. The van der Waals surface area contributed by atoms with Crippen LogP contribution in [0.25, 0.3) is 0 Å². The molecule has 0 aliphatic rings. The first-order valence-corrected chi connectivity index (χ1v) is 5.49. The van der Waals surface area contributed by atoms with Crippen molar-refractivity contribution in [1.82, 2.24) is 5.32 Å². The van der Waals surface area contributed by atoms with E-state index in [0.717, 1.165) is 18.2 Å². The van der Waals surface area contributed by atoms with Gasteiger partial charge in [0, 0.05) is 4.47 Å². The Hall–Kier alpha value is -1.15. The average Bonchev–Trinajstić information content (AvgIpc) is 2.24. The van der Waals surface area contributed by atoms with E-state index in [1.807, 2.05) is 5.32 Å². The molecule has 100 valence electrons. The maximum atomic E-state index is 12.7. The number of alkyl halides is 3. The largest absolute Gasteiger partial charge is 0.416 e. The van der Waals surface area contributed by atoms with E-state index in [1.54, 1.807) is 0 Å². The lowest BCUT2D eigenvalue weighted by Gasteiger charge is -2.15. The SMILES string of the molecule is O=C(NCC(O)C(F)(F)F)c1ccc(F)cc1Br. The number of nitrogens with one attached hydrogen (secondary N) is 1. The highest BCUT2D eigenvalue weighted by atomic mass is 79.9. The molecule has 1 atom stereocenters. The van der Waals surface area contributed by atoms with Crippen molar-refractivity contribution in [1.29, 1.82) is 0 Å². The van der Waals surface area contributed by atoms with Crippen LogP contribution in [0.15, 0.2) is 22.7 Å². The van der Waals surface area contributed by atoms with E-state index in [9.17, 15) is 22.4 Å². The summed E-state index contributed by atoms with van der Waals surface area (Å²) in [5.74, 6) is -1.43. The van der Waals surface area contributed by atoms with Crippen molar-refractivity contribution >= 4 is 21.8 Å². The highest BCUT2D eigenvalue weighted by molar-refractivity contribution is 9.10. The Labute approximate surface area is 108 Å². The molecule has 0 radical (unpaired) electrons. The number of hydrogen-bond donors (Lipinski definition) is 2. The van der Waals surface area contributed by atoms with Crippen molar-refractivity contribution in [3.05, 3.63) is 34.1 Å². The zero-order chi connectivity index (χ0) is 13.9. The van der Waals surface area contributed by atoms with Crippen molar-refractivity contribution in [3.63, 3.8) is 0 Å². The fourth-order valence-electron chi connectivity index (χ4n) is 1.07. The zero-order valence-corrected chi connectivity index (χ0v) is 10.3. The van der Waals surface area contributed by atoms with Gasteiger partial charge in [-0.25, -0.2) is 4.39 Å². The lowest BCUT2D eigenvalue weighted by Crippen LogP contribution is -2.40. The molecular weight excluding hydrogens is 322 g/mol. The quantitative estimate of drug-likeness (QED) is 0.835. The lowest BCUT2D eigenvalue weighted by atomic mass is 10.2. The Morgan fingerprint density at radius 2 is 2.06 bits per heavy atom. The minimum absolute atomic E-state index is 0.0224. The summed E-state index contributed by atoms with van der Waals surface area (Å²) in [4.78, 5) is 11.5. The number of benzene rings is 1. The van der Waals surface area contributed by atoms with Crippen LogP contribution in [0.3, 0.4) is 0 Å². The summed E-state index contributed by atoms with van der Waals surface area (Å²) in [6.45, 7) is -0.966. The summed E-state index contributed by atoms with van der Waals surface area (Å²) in [6.07, 6.45) is -7.44. The fourth-order valence-corrected chi connectivity index (χ4v) is 1.60. The first-order chi connectivity index (χ1) is 8.21. The van der Waals surface area contributed by atoms with Crippen LogP contribution < -0.4 is 5.32 Å². The summed E-state index contributed by atoms with van der Waals surface area (Å²) < 4.78 is 48.8. The molecule has 0 heterocycles. The van der Waals surface area contributed by atoms with E-state index < -0.39 is 30.5 Å². The number of carbonyl (C=O) groups excluding carboxylic acids is 1. The number of carbonyl (C=O) groups is 1. The standard InChI is InChI=1S/C10H8BrF4NO2/c11-7-3-5(12)1-2-6(7)9(18)16-4-8(17)10(13,14)15/h1-3,8,17H,4H2,(H,16,18). The number of rotatable bonds is 3. The number of amides is 1. The van der Waals surface area contributed by atoms with E-state index in [-0.39, 0.29) is 10.0 Å². The Kier molecular flexibility index (Phi) is 4.69. The summed E-state index contributed by atoms with van der Waals surface area (Å²) in [5.41, 5.74) is -0.0224. The molecule has 18 heavy (non-hydrogen) atoms. The Bertz CT molecular complexity index is 450. The fraction of sp³-hybridized carbons (Fsp3) is 0.300. The second-order valence-electron chi connectivity index (χ2n) is 3.39. The summed E-state index contributed by atoms with van der Waals surface area (Å²) in [7, 11) is 0. The second kappa shape index (κ2) is 5.66. The van der Waals surface area contributed by atoms with Gasteiger partial charge in [0.25, 0.3) is 5.91 Å². The molecule has 3 nitrogen and oxygen atoms in total. The van der Waals surface area contributed by atoms with Crippen molar-refractivity contribution in [2.24, 2.45) is 0 Å². The summed E-state index contributed by atoms with van der Waals surface area (Å²) >= 11 is 2.91. The molecule has 0 spiro atoms. The Morgan fingerprint density at radius 1 is 1.44 bits per heavy atom. The van der Waals surface area contributed by atoms with Crippen LogP contribution in [-0.2, 0) is 0 Å². The molecule has 1 rings (SSSR count). The first-order valence-electron chi connectivity index (χ1n) is 4.70. The van der Waals surface area contributed by atoms with E-state index >= 15 is 0 Å². The van der Waals surface area contributed by atoms with Gasteiger partial charge < -0.3 is 10.4 Å². The predicted octanol–water partition coefficient (Wildman–Crippen LogP) is 2.24. The molecule has 0 aromatic heterocycles. The molecular formula is C10H8BrF4NO2. The monoisotopic (exact) mass is 329 g/mol. The third-order valence-electron chi connectivity index (χ3n) is 2.01. The smallest absolute Gasteiger partial charge is 0.382 e. The van der Waals surface area contributed by atoms with E-state index in [2.05, 4.69) is 15.9 Å². The highest BCUT2D eigenvalue weighted by Gasteiger charge is 2.38. The van der Waals surface area contributed by atoms with Crippen LogP contribution in [0.4, 0.5) is 17.6 Å². The van der Waals surface area contributed by atoms with Crippen LogP contribution in [0.5, 0.6) is 0 Å². The Morgan fingerprint density at radius 3 is 2.56 bits per heavy atom. The molecule has 0 bridgehead atoms. The van der Waals surface area contributed by atoms with Crippen molar-refractivity contribution in [2.75, 3.05) is 6.54 Å². The van der Waals surface area contributed by atoms with Gasteiger partial charge in [0.05, 0.1) is 12.1 Å². The number of halogens is 5. The number of aliphatic hydroxyl groups excluding tert-OH is 1. The molecule has 0 saturated carbocycles. The average molecular weight is 330 g/mol. The van der Waals surface area contributed by atoms with Gasteiger partial charge in [0.2, 0.25) is 0 Å². The molecule has 0 aliphatic heterocycles. The normalized spacial score (nSPS) is 13.2. The molecule has 8 heteroatoms. The minimum atomic E-state index is -4.80. The third-order valence-corrected chi connectivity index (χ3v) is 2.67. The molecule has 0 fully saturated rings. The summed E-state index contributed by atoms with van der Waals surface area (Å²) in [5, 5.41) is 10.6. The van der Waals surface area contributed by atoms with Gasteiger partial charge in [-0.2, -0.15) is 13.2 Å². The van der Waals surface area contributed by atoms with E-state index in [0.29, 0.717) is 0 Å². The Balaban J connectivity index is 2.66. The van der Waals surface area contributed by atoms with Crippen molar-refractivity contribution in [2.45, 2.75) is 12.3 Å². The maximum absolute atomic E-state index is 12.7. The predicted molar refractivity (Wildman–Crippen MR) is 58.5 cm³/mol. The zero-order valence-electron chi connectivity index (χ0n) is 8.76. The molecule has 1 amide bonds. The van der Waals surface area contributed by atoms with Gasteiger partial charge in [0.15, 0.2) is 6.10 Å². The van der Waals surface area contributed by atoms with E-state index in [4.69, 9.17) is 5.11 Å². The van der Waals surface area contributed by atoms with Gasteiger partial charge in [-0.1, -0.05) is 0 Å². The van der Waals surface area contributed by atoms with Crippen molar-refractivity contribution in [3.8, 4) is 0 Å². The van der Waals surface area contributed by atoms with Crippen LogP contribution in [-0.4, -0.2) is 29.8 Å². The summed E-state index contributed by atoms with van der Waals surface area (Å²) in [6, 6.07) is 3.13. The molecule has 0 saturated heterocycles. The van der Waals surface area contributed by atoms with Gasteiger partial charge in [0.1, 0.15) is 5.82 Å². The number of aliphatic hydroxyl groups is 1. The second-order valence-corrected chi connectivity index (χ2v) is 4.25.